The van der Waals surface area contributed by atoms with Gasteiger partial charge >= 0.3 is 0 Å². The van der Waals surface area contributed by atoms with Crippen molar-refractivity contribution < 1.29 is 0 Å². The van der Waals surface area contributed by atoms with Crippen molar-refractivity contribution in [2.45, 2.75) is 44.9 Å². The molecule has 0 spiro atoms. The summed E-state index contributed by atoms with van der Waals surface area (Å²) in [6.07, 6.45) is 3.46. The van der Waals surface area contributed by atoms with E-state index in [2.05, 4.69) is 125 Å². The molecule has 0 fully saturated rings. The van der Waals surface area contributed by atoms with Gasteiger partial charge in [-0.3, -0.25) is 0 Å². The van der Waals surface area contributed by atoms with Gasteiger partial charge in [-0.15, -0.1) is 0 Å². The van der Waals surface area contributed by atoms with Gasteiger partial charge in [0.1, 0.15) is 0 Å². The molecule has 3 aromatic rings. The molecule has 0 aliphatic carbocycles. The lowest BCUT2D eigenvalue weighted by molar-refractivity contribution is 0.538. The number of benzene rings is 3. The van der Waals surface area contributed by atoms with Crippen molar-refractivity contribution in [2.24, 2.45) is 0 Å². The van der Waals surface area contributed by atoms with Gasteiger partial charge in [-0.1, -0.05) is 125 Å². The molecular weight excluding hydrogens is 324 g/mol. The average Bonchev–Trinajstić information content (AvgIpc) is 2.69. The highest BCUT2D eigenvalue weighted by atomic mass is 14.3. The Morgan fingerprint density at radius 3 is 1.59 bits per heavy atom. The molecule has 3 aromatic carbocycles. The number of hydrogen-bond acceptors (Lipinski definition) is 0. The van der Waals surface area contributed by atoms with Gasteiger partial charge in [0.15, 0.2) is 0 Å². The molecule has 3 rings (SSSR count). The van der Waals surface area contributed by atoms with Crippen molar-refractivity contribution in [1.82, 2.24) is 0 Å². The molecule has 0 heterocycles. The molecule has 0 aliphatic rings. The van der Waals surface area contributed by atoms with Crippen molar-refractivity contribution in [1.29, 1.82) is 0 Å². The predicted molar refractivity (Wildman–Crippen MR) is 118 cm³/mol. The molecule has 0 saturated carbocycles. The fourth-order valence-electron chi connectivity index (χ4n) is 3.74. The molecule has 0 aliphatic heterocycles. The zero-order chi connectivity index (χ0) is 19.3. The molecule has 138 valence electrons. The summed E-state index contributed by atoms with van der Waals surface area (Å²) in [6, 6.07) is 32.4. The van der Waals surface area contributed by atoms with Crippen LogP contribution in [0.15, 0.2) is 97.1 Å². The Hall–Kier alpha value is -2.60. The van der Waals surface area contributed by atoms with Crippen LogP contribution in [0.1, 0.15) is 50.8 Å². The summed E-state index contributed by atoms with van der Waals surface area (Å²) in [7, 11) is 0. The van der Waals surface area contributed by atoms with Crippen LogP contribution in [-0.4, -0.2) is 0 Å². The first-order valence-electron chi connectivity index (χ1n) is 9.77. The Labute approximate surface area is 164 Å². The lowest BCUT2D eigenvalue weighted by atomic mass is 9.74. The van der Waals surface area contributed by atoms with E-state index in [0.29, 0.717) is 0 Å². The van der Waals surface area contributed by atoms with Crippen LogP contribution in [0.5, 0.6) is 0 Å². The van der Waals surface area contributed by atoms with Crippen molar-refractivity contribution in [3.8, 4) is 0 Å². The molecule has 0 saturated heterocycles. The van der Waals surface area contributed by atoms with Crippen LogP contribution in [0.3, 0.4) is 0 Å². The second-order valence-electron chi connectivity index (χ2n) is 8.55. The van der Waals surface area contributed by atoms with Crippen molar-refractivity contribution in [3.05, 3.63) is 114 Å². The van der Waals surface area contributed by atoms with Crippen LogP contribution in [0.4, 0.5) is 0 Å². The van der Waals surface area contributed by atoms with Gasteiger partial charge < -0.3 is 0 Å². The molecule has 27 heavy (non-hydrogen) atoms. The normalized spacial score (nSPS) is 12.8. The van der Waals surface area contributed by atoms with Crippen LogP contribution in [0, 0.1) is 0 Å². The van der Waals surface area contributed by atoms with Gasteiger partial charge in [0.25, 0.3) is 0 Å². The van der Waals surface area contributed by atoms with Gasteiger partial charge in [0.2, 0.25) is 0 Å². The molecule has 0 bridgehead atoms. The summed E-state index contributed by atoms with van der Waals surface area (Å²) in [5.74, 6) is 0. The summed E-state index contributed by atoms with van der Waals surface area (Å²) < 4.78 is 0. The van der Waals surface area contributed by atoms with E-state index >= 15 is 0 Å². The average molecular weight is 355 g/mol. The molecule has 0 amide bonds. The topological polar surface area (TPSA) is 0 Å². The molecular formula is C27H30. The fraction of sp³-hybridized carbons (Fsp3) is 0.259. The molecule has 0 heteroatoms. The maximum absolute atomic E-state index is 2.46. The first kappa shape index (κ1) is 19.2. The third-order valence-electron chi connectivity index (χ3n) is 5.39. The minimum absolute atomic E-state index is 0.0286. The standard InChI is InChI=1S/C27H30/c1-26(2,24-16-10-6-11-17-24)20-23(22-14-8-5-9-15-22)21-27(3,4)25-18-12-7-13-19-25/h5-20H,21H2,1-4H3. The zero-order valence-electron chi connectivity index (χ0n) is 16.9. The number of rotatable bonds is 6. The molecule has 0 unspecified atom stereocenters. The maximum Gasteiger partial charge on any atom is 0.00813 e. The Morgan fingerprint density at radius 1 is 0.630 bits per heavy atom. The van der Waals surface area contributed by atoms with Crippen LogP contribution in [0.2, 0.25) is 0 Å². The third-order valence-corrected chi connectivity index (χ3v) is 5.39. The molecule has 0 atom stereocenters. The van der Waals surface area contributed by atoms with Crippen LogP contribution >= 0.6 is 0 Å². The quantitative estimate of drug-likeness (QED) is 0.432. The fourth-order valence-corrected chi connectivity index (χ4v) is 3.74. The molecule has 0 nitrogen and oxygen atoms in total. The molecule has 0 N–H and O–H groups in total. The smallest absolute Gasteiger partial charge is 0.00813 e. The largest absolute Gasteiger partial charge is 0.0706 e. The van der Waals surface area contributed by atoms with E-state index in [9.17, 15) is 0 Å². The number of allylic oxidation sites excluding steroid dienone is 2. The second kappa shape index (κ2) is 7.96. The molecule has 0 radical (unpaired) electrons. The second-order valence-corrected chi connectivity index (χ2v) is 8.55. The SMILES string of the molecule is CC(C)(C=C(CC(C)(C)c1ccccc1)c1ccccc1)c1ccccc1. The monoisotopic (exact) mass is 354 g/mol. The highest BCUT2D eigenvalue weighted by molar-refractivity contribution is 5.68. The van der Waals surface area contributed by atoms with E-state index in [1.165, 1.54) is 22.3 Å². The Morgan fingerprint density at radius 2 is 1.07 bits per heavy atom. The van der Waals surface area contributed by atoms with Gasteiger partial charge in [-0.05, 0) is 34.1 Å². The van der Waals surface area contributed by atoms with Crippen LogP contribution in [0.25, 0.3) is 5.57 Å². The Kier molecular flexibility index (Phi) is 5.65. The van der Waals surface area contributed by atoms with E-state index in [1.807, 2.05) is 0 Å². The van der Waals surface area contributed by atoms with Gasteiger partial charge in [-0.2, -0.15) is 0 Å². The first-order valence-corrected chi connectivity index (χ1v) is 9.77. The van der Waals surface area contributed by atoms with Crippen molar-refractivity contribution >= 4 is 5.57 Å². The van der Waals surface area contributed by atoms with Crippen LogP contribution in [-0.2, 0) is 10.8 Å². The predicted octanol–water partition coefficient (Wildman–Crippen LogP) is 7.42. The highest BCUT2D eigenvalue weighted by Gasteiger charge is 2.25. The molecule has 0 aromatic heterocycles. The van der Waals surface area contributed by atoms with Gasteiger partial charge in [-0.25, -0.2) is 0 Å². The highest BCUT2D eigenvalue weighted by Crippen LogP contribution is 2.37. The van der Waals surface area contributed by atoms with E-state index in [-0.39, 0.29) is 10.8 Å². The summed E-state index contributed by atoms with van der Waals surface area (Å²) in [5, 5.41) is 0. The first-order chi connectivity index (χ1) is 12.9. The summed E-state index contributed by atoms with van der Waals surface area (Å²) >= 11 is 0. The summed E-state index contributed by atoms with van der Waals surface area (Å²) in [6.45, 7) is 9.30. The third kappa shape index (κ3) is 4.77. The minimum Gasteiger partial charge on any atom is -0.0706 e. The Balaban J connectivity index is 2.02. The Bertz CT molecular complexity index is 869. The lowest BCUT2D eigenvalue weighted by Crippen LogP contribution is -2.20. The summed E-state index contributed by atoms with van der Waals surface area (Å²) in [4.78, 5) is 0. The van der Waals surface area contributed by atoms with E-state index < -0.39 is 0 Å². The lowest BCUT2D eigenvalue weighted by Gasteiger charge is -2.30. The summed E-state index contributed by atoms with van der Waals surface area (Å²) in [5.41, 5.74) is 5.47. The van der Waals surface area contributed by atoms with Gasteiger partial charge in [0.05, 0.1) is 0 Å². The van der Waals surface area contributed by atoms with Crippen molar-refractivity contribution in [2.75, 3.05) is 0 Å². The zero-order valence-corrected chi connectivity index (χ0v) is 16.9. The van der Waals surface area contributed by atoms with Crippen molar-refractivity contribution in [3.63, 3.8) is 0 Å². The van der Waals surface area contributed by atoms with E-state index in [1.54, 1.807) is 0 Å². The van der Waals surface area contributed by atoms with Crippen LogP contribution < -0.4 is 0 Å². The maximum atomic E-state index is 2.46. The van der Waals surface area contributed by atoms with E-state index in [0.717, 1.165) is 6.42 Å². The van der Waals surface area contributed by atoms with Gasteiger partial charge in [0, 0.05) is 5.41 Å². The van der Waals surface area contributed by atoms with E-state index in [4.69, 9.17) is 0 Å². The minimum atomic E-state index is -0.0286. The number of hydrogen-bond donors (Lipinski definition) is 0.